The number of amides is 2. The lowest BCUT2D eigenvalue weighted by Crippen LogP contribution is -2.62. The van der Waals surface area contributed by atoms with Crippen LogP contribution in [-0.4, -0.2) is 47.6 Å². The Balaban J connectivity index is 1.87. The van der Waals surface area contributed by atoms with Gasteiger partial charge in [0.15, 0.2) is 0 Å². The fourth-order valence-electron chi connectivity index (χ4n) is 2.48. The monoisotopic (exact) mass is 290 g/mol. The Bertz CT molecular complexity index is 528. The van der Waals surface area contributed by atoms with Gasteiger partial charge in [0.2, 0.25) is 5.91 Å². The molecular formula is C16H22N2O3. The number of hydrogen-bond donors (Lipinski definition) is 2. The van der Waals surface area contributed by atoms with E-state index < -0.39 is 0 Å². The number of aliphatic hydroxyl groups excluding tert-OH is 1. The third-order valence-electron chi connectivity index (χ3n) is 4.30. The Hall–Kier alpha value is -1.88. The highest BCUT2D eigenvalue weighted by Gasteiger charge is 2.47. The summed E-state index contributed by atoms with van der Waals surface area (Å²) in [6.07, 6.45) is 0.182. The van der Waals surface area contributed by atoms with Gasteiger partial charge in [-0.25, -0.2) is 0 Å². The molecule has 0 spiro atoms. The Morgan fingerprint density at radius 3 is 2.48 bits per heavy atom. The van der Waals surface area contributed by atoms with Crippen LogP contribution in [-0.2, 0) is 4.79 Å². The molecule has 0 aromatic heterocycles. The molecule has 21 heavy (non-hydrogen) atoms. The van der Waals surface area contributed by atoms with Crippen LogP contribution in [0.3, 0.4) is 0 Å². The van der Waals surface area contributed by atoms with E-state index in [0.717, 1.165) is 0 Å². The normalized spacial score (nSPS) is 23.0. The molecular weight excluding hydrogens is 268 g/mol. The van der Waals surface area contributed by atoms with Crippen LogP contribution in [0.25, 0.3) is 0 Å². The molecule has 2 unspecified atom stereocenters. The average Bonchev–Trinajstić information content (AvgIpc) is 2.47. The van der Waals surface area contributed by atoms with Gasteiger partial charge in [-0.1, -0.05) is 32.0 Å². The van der Waals surface area contributed by atoms with Gasteiger partial charge in [0.1, 0.15) is 0 Å². The van der Waals surface area contributed by atoms with Gasteiger partial charge >= 0.3 is 0 Å². The van der Waals surface area contributed by atoms with Gasteiger partial charge in [-0.05, 0) is 18.6 Å². The Labute approximate surface area is 125 Å². The molecule has 1 aromatic carbocycles. The third kappa shape index (κ3) is 3.24. The van der Waals surface area contributed by atoms with Crippen LogP contribution in [0.2, 0.25) is 0 Å². The van der Waals surface area contributed by atoms with Gasteiger partial charge in [0.05, 0.1) is 12.6 Å². The molecule has 5 heteroatoms. The maximum Gasteiger partial charge on any atom is 0.254 e. The Morgan fingerprint density at radius 1 is 1.33 bits per heavy atom. The van der Waals surface area contributed by atoms with Gasteiger partial charge in [-0.15, -0.1) is 0 Å². The summed E-state index contributed by atoms with van der Waals surface area (Å²) >= 11 is 0. The van der Waals surface area contributed by atoms with E-state index in [0.29, 0.717) is 12.0 Å². The van der Waals surface area contributed by atoms with Crippen molar-refractivity contribution in [1.82, 2.24) is 10.2 Å². The minimum Gasteiger partial charge on any atom is -0.392 e. The van der Waals surface area contributed by atoms with Crippen molar-refractivity contribution in [2.45, 2.75) is 32.4 Å². The molecule has 2 rings (SSSR count). The first kappa shape index (κ1) is 15.5. The van der Waals surface area contributed by atoms with Crippen molar-refractivity contribution < 1.29 is 14.7 Å². The number of carbonyl (C=O) groups is 2. The van der Waals surface area contributed by atoms with Gasteiger partial charge in [0, 0.05) is 24.1 Å². The van der Waals surface area contributed by atoms with E-state index in [1.165, 1.54) is 4.90 Å². The van der Waals surface area contributed by atoms with Crippen LogP contribution in [0.1, 0.15) is 30.6 Å². The van der Waals surface area contributed by atoms with Crippen molar-refractivity contribution in [2.75, 3.05) is 13.6 Å². The molecule has 1 aliphatic carbocycles. The maximum atomic E-state index is 12.1. The second-order valence-electron chi connectivity index (χ2n) is 6.22. The molecule has 1 aliphatic rings. The van der Waals surface area contributed by atoms with E-state index in [1.54, 1.807) is 31.3 Å². The van der Waals surface area contributed by atoms with Crippen LogP contribution in [0, 0.1) is 5.41 Å². The van der Waals surface area contributed by atoms with E-state index in [-0.39, 0.29) is 35.9 Å². The van der Waals surface area contributed by atoms with E-state index in [4.69, 9.17) is 0 Å². The summed E-state index contributed by atoms with van der Waals surface area (Å²) in [5.41, 5.74) is 0.254. The SMILES string of the molecule is CN(CC(=O)NC1CC(O)C1(C)C)C(=O)c1ccccc1. The van der Waals surface area contributed by atoms with Crippen molar-refractivity contribution in [3.63, 3.8) is 0 Å². The minimum atomic E-state index is -0.383. The summed E-state index contributed by atoms with van der Waals surface area (Å²) in [5.74, 6) is -0.384. The summed E-state index contributed by atoms with van der Waals surface area (Å²) in [5, 5.41) is 12.5. The quantitative estimate of drug-likeness (QED) is 0.870. The predicted molar refractivity (Wildman–Crippen MR) is 79.7 cm³/mol. The fraction of sp³-hybridized carbons (Fsp3) is 0.500. The summed E-state index contributed by atoms with van der Waals surface area (Å²) in [6, 6.07) is 8.83. The Kier molecular flexibility index (Phi) is 4.32. The predicted octanol–water partition coefficient (Wildman–Crippen LogP) is 1.03. The van der Waals surface area contributed by atoms with Gasteiger partial charge < -0.3 is 15.3 Å². The molecule has 5 nitrogen and oxygen atoms in total. The lowest BCUT2D eigenvalue weighted by molar-refractivity contribution is -0.129. The molecule has 114 valence electrons. The van der Waals surface area contributed by atoms with E-state index in [9.17, 15) is 14.7 Å². The molecule has 1 fully saturated rings. The standard InChI is InChI=1S/C16H22N2O3/c1-16(2)12(9-13(16)19)17-14(20)10-18(3)15(21)11-7-5-4-6-8-11/h4-8,12-13,19H,9-10H2,1-3H3,(H,17,20). The number of nitrogens with zero attached hydrogens (tertiary/aromatic N) is 1. The van der Waals surface area contributed by atoms with Gasteiger partial charge in [0.25, 0.3) is 5.91 Å². The molecule has 2 N–H and O–H groups in total. The molecule has 0 aliphatic heterocycles. The number of aliphatic hydroxyl groups is 1. The van der Waals surface area contributed by atoms with Crippen LogP contribution >= 0.6 is 0 Å². The van der Waals surface area contributed by atoms with Crippen molar-refractivity contribution in [1.29, 1.82) is 0 Å². The third-order valence-corrected chi connectivity index (χ3v) is 4.30. The number of hydrogen-bond acceptors (Lipinski definition) is 3. The van der Waals surface area contributed by atoms with Crippen molar-refractivity contribution in [3.05, 3.63) is 35.9 Å². The molecule has 1 saturated carbocycles. The summed E-state index contributed by atoms with van der Waals surface area (Å²) in [7, 11) is 1.61. The highest BCUT2D eigenvalue weighted by Crippen LogP contribution is 2.40. The first-order valence-corrected chi connectivity index (χ1v) is 7.10. The maximum absolute atomic E-state index is 12.1. The number of carbonyl (C=O) groups excluding carboxylic acids is 2. The van der Waals surface area contributed by atoms with E-state index in [1.807, 2.05) is 19.9 Å². The van der Waals surface area contributed by atoms with Gasteiger partial charge in [-0.3, -0.25) is 9.59 Å². The zero-order valence-electron chi connectivity index (χ0n) is 12.7. The number of nitrogens with one attached hydrogen (secondary N) is 1. The summed E-state index contributed by atoms with van der Waals surface area (Å²) in [6.45, 7) is 3.85. The molecule has 1 aromatic rings. The van der Waals surface area contributed by atoms with E-state index >= 15 is 0 Å². The van der Waals surface area contributed by atoms with Crippen LogP contribution in [0.15, 0.2) is 30.3 Å². The molecule has 2 amide bonds. The zero-order chi connectivity index (χ0) is 15.6. The highest BCUT2D eigenvalue weighted by atomic mass is 16.3. The molecule has 0 bridgehead atoms. The van der Waals surface area contributed by atoms with Crippen molar-refractivity contribution in [3.8, 4) is 0 Å². The fourth-order valence-corrected chi connectivity index (χ4v) is 2.48. The highest BCUT2D eigenvalue weighted by molar-refractivity contribution is 5.96. The number of likely N-dealkylation sites (N-methyl/N-ethyl adjacent to an activating group) is 1. The van der Waals surface area contributed by atoms with Gasteiger partial charge in [-0.2, -0.15) is 0 Å². The summed E-state index contributed by atoms with van der Waals surface area (Å²) in [4.78, 5) is 25.5. The minimum absolute atomic E-state index is 0.0103. The second-order valence-corrected chi connectivity index (χ2v) is 6.22. The second kappa shape index (κ2) is 5.85. The van der Waals surface area contributed by atoms with Crippen LogP contribution < -0.4 is 5.32 Å². The number of benzene rings is 1. The largest absolute Gasteiger partial charge is 0.392 e. The smallest absolute Gasteiger partial charge is 0.254 e. The average molecular weight is 290 g/mol. The Morgan fingerprint density at radius 2 is 1.95 bits per heavy atom. The van der Waals surface area contributed by atoms with Crippen molar-refractivity contribution >= 4 is 11.8 Å². The lowest BCUT2D eigenvalue weighted by atomic mass is 9.64. The summed E-state index contributed by atoms with van der Waals surface area (Å²) < 4.78 is 0. The first-order valence-electron chi connectivity index (χ1n) is 7.10. The zero-order valence-corrected chi connectivity index (χ0v) is 12.7. The topological polar surface area (TPSA) is 69.6 Å². The van der Waals surface area contributed by atoms with Crippen LogP contribution in [0.4, 0.5) is 0 Å². The molecule has 2 atom stereocenters. The first-order chi connectivity index (χ1) is 9.82. The molecule has 0 heterocycles. The molecule has 0 saturated heterocycles. The molecule has 0 radical (unpaired) electrons. The van der Waals surface area contributed by atoms with E-state index in [2.05, 4.69) is 5.32 Å². The lowest BCUT2D eigenvalue weighted by Gasteiger charge is -2.49. The van der Waals surface area contributed by atoms with Crippen LogP contribution in [0.5, 0.6) is 0 Å². The number of rotatable bonds is 4. The van der Waals surface area contributed by atoms with Crippen molar-refractivity contribution in [2.24, 2.45) is 5.41 Å².